The molecule has 19 heavy (non-hydrogen) atoms. The van der Waals surface area contributed by atoms with E-state index in [4.69, 9.17) is 0 Å². The Morgan fingerprint density at radius 3 is 1.74 bits per heavy atom. The van der Waals surface area contributed by atoms with Gasteiger partial charge in [-0.15, -0.1) is 0 Å². The molecule has 2 aromatic rings. The maximum atomic E-state index is 11.7. The third-order valence-electron chi connectivity index (χ3n) is 1.95. The zero-order chi connectivity index (χ0) is 13.9. The summed E-state index contributed by atoms with van der Waals surface area (Å²) in [5, 5.41) is 18.7. The van der Waals surface area contributed by atoms with Gasteiger partial charge in [-0.3, -0.25) is 14.9 Å². The second-order valence-electron chi connectivity index (χ2n) is 3.34. The van der Waals surface area contributed by atoms with Gasteiger partial charge in [-0.2, -0.15) is 0 Å². The van der Waals surface area contributed by atoms with Gasteiger partial charge in [-0.05, 0) is 0 Å². The van der Waals surface area contributed by atoms with Crippen LogP contribution in [0.15, 0.2) is 36.9 Å². The maximum absolute atomic E-state index is 11.7. The molecule has 0 bridgehead atoms. The van der Waals surface area contributed by atoms with Crippen LogP contribution in [0.25, 0.3) is 0 Å². The Balaban J connectivity index is 2.18. The molecule has 0 amide bonds. The van der Waals surface area contributed by atoms with Crippen LogP contribution in [0.4, 0.5) is 0 Å². The summed E-state index contributed by atoms with van der Waals surface area (Å²) < 4.78 is 21.0. The number of hydrogen-bond donors (Lipinski definition) is 3. The number of pyridine rings is 2. The molecule has 0 saturated carbocycles. The molecule has 0 aliphatic carbocycles. The molecule has 0 unspecified atom stereocenters. The first-order chi connectivity index (χ1) is 8.98. The number of phosphoric acid groups is 1. The van der Waals surface area contributed by atoms with Crippen LogP contribution >= 0.6 is 7.82 Å². The molecule has 0 atom stereocenters. The fourth-order valence-electron chi connectivity index (χ4n) is 1.17. The fourth-order valence-corrected chi connectivity index (χ4v) is 2.01. The van der Waals surface area contributed by atoms with Crippen LogP contribution in [0, 0.1) is 0 Å². The number of nitrogens with zero attached hydrogens (tertiary/aromatic N) is 2. The van der Waals surface area contributed by atoms with Gasteiger partial charge >= 0.3 is 7.82 Å². The molecule has 3 N–H and O–H groups in total. The van der Waals surface area contributed by atoms with Crippen molar-refractivity contribution in [2.45, 2.75) is 0 Å². The van der Waals surface area contributed by atoms with E-state index in [1.54, 1.807) is 0 Å². The molecule has 0 aliphatic heterocycles. The molecule has 0 aromatic carbocycles. The molecule has 0 fully saturated rings. The summed E-state index contributed by atoms with van der Waals surface area (Å²) in [7, 11) is -4.57. The Morgan fingerprint density at radius 1 is 0.947 bits per heavy atom. The van der Waals surface area contributed by atoms with E-state index in [9.17, 15) is 19.7 Å². The van der Waals surface area contributed by atoms with Crippen molar-refractivity contribution >= 4 is 7.82 Å². The summed E-state index contributed by atoms with van der Waals surface area (Å²) in [6.07, 6.45) is 4.61. The van der Waals surface area contributed by atoms with Crippen LogP contribution in [0.5, 0.6) is 23.0 Å². The van der Waals surface area contributed by atoms with Gasteiger partial charge in [0.1, 0.15) is 0 Å². The van der Waals surface area contributed by atoms with Crippen molar-refractivity contribution in [1.82, 2.24) is 9.97 Å². The lowest BCUT2D eigenvalue weighted by atomic mass is 10.4. The van der Waals surface area contributed by atoms with Crippen LogP contribution < -0.4 is 9.05 Å². The van der Waals surface area contributed by atoms with Crippen molar-refractivity contribution < 1.29 is 28.7 Å². The number of phosphoric ester groups is 1. The van der Waals surface area contributed by atoms with E-state index in [1.165, 1.54) is 24.5 Å². The summed E-state index contributed by atoms with van der Waals surface area (Å²) in [4.78, 5) is 16.7. The topological polar surface area (TPSA) is 122 Å². The Kier molecular flexibility index (Phi) is 3.55. The minimum Gasteiger partial charge on any atom is -0.503 e. The molecule has 9 heteroatoms. The molecule has 0 spiro atoms. The zero-order valence-corrected chi connectivity index (χ0v) is 10.3. The molecular formula is C10H9N2O6P. The molecule has 100 valence electrons. The van der Waals surface area contributed by atoms with E-state index in [0.717, 1.165) is 12.4 Å². The minimum atomic E-state index is -4.57. The lowest BCUT2D eigenvalue weighted by molar-refractivity contribution is 0.279. The highest BCUT2D eigenvalue weighted by molar-refractivity contribution is 7.48. The minimum absolute atomic E-state index is 0.269. The van der Waals surface area contributed by atoms with Gasteiger partial charge in [0.2, 0.25) is 0 Å². The lowest BCUT2D eigenvalue weighted by Crippen LogP contribution is -2.00. The van der Waals surface area contributed by atoms with E-state index in [0.29, 0.717) is 0 Å². The monoisotopic (exact) mass is 284 g/mol. The second kappa shape index (κ2) is 5.13. The Labute approximate surface area is 107 Å². The van der Waals surface area contributed by atoms with Gasteiger partial charge in [0.15, 0.2) is 23.0 Å². The predicted molar refractivity (Wildman–Crippen MR) is 62.9 cm³/mol. The largest absolute Gasteiger partial charge is 0.585 e. The zero-order valence-electron chi connectivity index (χ0n) is 9.37. The van der Waals surface area contributed by atoms with Crippen molar-refractivity contribution in [3.05, 3.63) is 36.9 Å². The van der Waals surface area contributed by atoms with Crippen molar-refractivity contribution in [3.8, 4) is 23.0 Å². The summed E-state index contributed by atoms with van der Waals surface area (Å²) in [5.74, 6) is -1.37. The molecule has 2 heterocycles. The van der Waals surface area contributed by atoms with E-state index in [-0.39, 0.29) is 11.5 Å². The van der Waals surface area contributed by atoms with Gasteiger partial charge < -0.3 is 19.3 Å². The van der Waals surface area contributed by atoms with Crippen molar-refractivity contribution in [1.29, 1.82) is 0 Å². The predicted octanol–water partition coefficient (Wildman–Crippen LogP) is 1.45. The smallest absolute Gasteiger partial charge is 0.503 e. The molecule has 0 saturated heterocycles. The molecule has 0 aliphatic rings. The number of hydrogen-bond acceptors (Lipinski definition) is 7. The number of aromatic hydroxyl groups is 2. The summed E-state index contributed by atoms with van der Waals surface area (Å²) in [6.45, 7) is 0. The van der Waals surface area contributed by atoms with Crippen molar-refractivity contribution in [3.63, 3.8) is 0 Å². The van der Waals surface area contributed by atoms with E-state index < -0.39 is 19.3 Å². The molecule has 0 radical (unpaired) electrons. The third kappa shape index (κ3) is 3.34. The van der Waals surface area contributed by atoms with E-state index >= 15 is 0 Å². The summed E-state index contributed by atoms with van der Waals surface area (Å²) >= 11 is 0. The Bertz CT molecular complexity index is 583. The first-order valence-electron chi connectivity index (χ1n) is 4.96. The van der Waals surface area contributed by atoms with E-state index in [2.05, 4.69) is 19.0 Å². The second-order valence-corrected chi connectivity index (χ2v) is 4.64. The Morgan fingerprint density at radius 2 is 1.37 bits per heavy atom. The SMILES string of the molecule is O=P(O)(Oc1ccncc1O)Oc1ccncc1O. The van der Waals surface area contributed by atoms with Crippen LogP contribution in [0.1, 0.15) is 0 Å². The lowest BCUT2D eigenvalue weighted by Gasteiger charge is -2.14. The van der Waals surface area contributed by atoms with Crippen molar-refractivity contribution in [2.24, 2.45) is 0 Å². The maximum Gasteiger partial charge on any atom is 0.585 e. The molecule has 2 rings (SSSR count). The molecule has 8 nitrogen and oxygen atoms in total. The van der Waals surface area contributed by atoms with Gasteiger partial charge in [0.25, 0.3) is 0 Å². The fraction of sp³-hybridized carbons (Fsp3) is 0. The quantitative estimate of drug-likeness (QED) is 0.721. The van der Waals surface area contributed by atoms with Crippen LogP contribution in [-0.4, -0.2) is 25.1 Å². The normalized spacial score (nSPS) is 11.0. The first kappa shape index (κ1) is 13.1. The third-order valence-corrected chi connectivity index (χ3v) is 2.80. The number of rotatable bonds is 4. The number of aromatic nitrogens is 2. The Hall–Kier alpha value is -2.31. The van der Waals surface area contributed by atoms with Gasteiger partial charge in [0, 0.05) is 24.5 Å². The van der Waals surface area contributed by atoms with Gasteiger partial charge in [-0.25, -0.2) is 4.57 Å². The van der Waals surface area contributed by atoms with E-state index in [1.807, 2.05) is 0 Å². The first-order valence-corrected chi connectivity index (χ1v) is 6.45. The average Bonchev–Trinajstić information content (AvgIpc) is 2.35. The molecular weight excluding hydrogens is 275 g/mol. The summed E-state index contributed by atoms with van der Waals surface area (Å²) in [5.41, 5.74) is 0. The highest BCUT2D eigenvalue weighted by Crippen LogP contribution is 2.47. The standard InChI is InChI=1S/C10H9N2O6P/c13-7-5-11-3-1-9(7)17-19(15,16)18-10-2-4-12-6-8(10)14/h1-6,13-14H,(H,15,16). The highest BCUT2D eigenvalue weighted by Gasteiger charge is 2.27. The summed E-state index contributed by atoms with van der Waals surface area (Å²) in [6, 6.07) is 2.38. The average molecular weight is 284 g/mol. The highest BCUT2D eigenvalue weighted by atomic mass is 31.2. The van der Waals surface area contributed by atoms with Crippen LogP contribution in [-0.2, 0) is 4.57 Å². The molecule has 2 aromatic heterocycles. The van der Waals surface area contributed by atoms with Crippen LogP contribution in [0.3, 0.4) is 0 Å². The van der Waals surface area contributed by atoms with Crippen LogP contribution in [0.2, 0.25) is 0 Å². The van der Waals surface area contributed by atoms with Crippen molar-refractivity contribution in [2.75, 3.05) is 0 Å². The van der Waals surface area contributed by atoms with Gasteiger partial charge in [0.05, 0.1) is 12.4 Å². The van der Waals surface area contributed by atoms with Gasteiger partial charge in [-0.1, -0.05) is 0 Å².